The number of imidazole rings is 1. The van der Waals surface area contributed by atoms with E-state index in [-0.39, 0.29) is 18.0 Å². The van der Waals surface area contributed by atoms with Crippen LogP contribution in [0.2, 0.25) is 5.02 Å². The van der Waals surface area contributed by atoms with Crippen molar-refractivity contribution in [3.63, 3.8) is 0 Å². The van der Waals surface area contributed by atoms with Crippen LogP contribution >= 0.6 is 11.6 Å². The van der Waals surface area contributed by atoms with E-state index in [4.69, 9.17) is 21.4 Å². The van der Waals surface area contributed by atoms with Gasteiger partial charge in [-0.05, 0) is 63.9 Å². The fraction of sp³-hybridized carbons (Fsp3) is 0.400. The second kappa shape index (κ2) is 9.31. The van der Waals surface area contributed by atoms with Gasteiger partial charge in [0.25, 0.3) is 0 Å². The molecule has 0 radical (unpaired) electrons. The molecule has 3 aromatic heterocycles. The van der Waals surface area contributed by atoms with E-state index in [0.29, 0.717) is 22.9 Å². The molecule has 1 aromatic carbocycles. The van der Waals surface area contributed by atoms with Gasteiger partial charge in [-0.3, -0.25) is 9.36 Å². The summed E-state index contributed by atoms with van der Waals surface area (Å²) >= 11 is 6.43. The van der Waals surface area contributed by atoms with Crippen molar-refractivity contribution in [3.05, 3.63) is 59.1 Å². The number of aromatic nitrogens is 6. The molecule has 0 N–H and O–H groups in total. The van der Waals surface area contributed by atoms with Gasteiger partial charge in [0.15, 0.2) is 5.69 Å². The minimum Gasteiger partial charge on any atom is -0.484 e. The zero-order valence-electron chi connectivity index (χ0n) is 20.1. The van der Waals surface area contributed by atoms with Crippen molar-refractivity contribution in [3.8, 4) is 28.5 Å². The normalized spacial score (nSPS) is 15.9. The van der Waals surface area contributed by atoms with Crippen LogP contribution in [0, 0.1) is 0 Å². The number of ether oxygens (including phenoxy) is 1. The Hall–Kier alpha value is -3.27. The van der Waals surface area contributed by atoms with Gasteiger partial charge in [0.05, 0.1) is 16.9 Å². The van der Waals surface area contributed by atoms with Gasteiger partial charge in [-0.2, -0.15) is 23.4 Å². The van der Waals surface area contributed by atoms with Gasteiger partial charge in [-0.1, -0.05) is 11.6 Å². The molecule has 190 valence electrons. The molecule has 7 nitrogen and oxygen atoms in total. The third-order valence-electron chi connectivity index (χ3n) is 6.26. The van der Waals surface area contributed by atoms with Crippen molar-refractivity contribution in [2.75, 3.05) is 0 Å². The average Bonchev–Trinajstić information content (AvgIpc) is 3.55. The highest BCUT2D eigenvalue weighted by Crippen LogP contribution is 2.36. The van der Waals surface area contributed by atoms with Crippen molar-refractivity contribution >= 4 is 11.6 Å². The molecule has 0 fully saturated rings. The van der Waals surface area contributed by atoms with E-state index >= 15 is 0 Å². The van der Waals surface area contributed by atoms with Gasteiger partial charge in [0, 0.05) is 30.9 Å². The van der Waals surface area contributed by atoms with E-state index in [1.807, 2.05) is 29.3 Å². The molecule has 0 bridgehead atoms. The maximum absolute atomic E-state index is 13.1. The lowest BCUT2D eigenvalue weighted by atomic mass is 10.1. The summed E-state index contributed by atoms with van der Waals surface area (Å²) in [5.74, 6) is 0.895. The van der Waals surface area contributed by atoms with Crippen LogP contribution in [0.3, 0.4) is 0 Å². The number of hydrogen-bond acceptors (Lipinski definition) is 4. The van der Waals surface area contributed by atoms with Crippen LogP contribution in [0.15, 0.2) is 42.7 Å². The largest absolute Gasteiger partial charge is 0.484 e. The number of hydrogen-bond donors (Lipinski definition) is 0. The molecule has 0 amide bonds. The molecular formula is C25H26ClF3N6O. The first-order chi connectivity index (χ1) is 17.2. The van der Waals surface area contributed by atoms with Crippen molar-refractivity contribution in [2.45, 2.75) is 65.0 Å². The Labute approximate surface area is 211 Å². The molecule has 5 rings (SSSR count). The van der Waals surface area contributed by atoms with Gasteiger partial charge in [-0.25, -0.2) is 4.98 Å². The zero-order valence-corrected chi connectivity index (χ0v) is 20.9. The maximum Gasteiger partial charge on any atom is 0.434 e. The lowest BCUT2D eigenvalue weighted by Gasteiger charge is -2.24. The summed E-state index contributed by atoms with van der Waals surface area (Å²) in [6, 6.07) is 9.12. The molecular weight excluding hydrogens is 493 g/mol. The second-order valence-corrected chi connectivity index (χ2v) is 9.47. The highest BCUT2D eigenvalue weighted by Gasteiger charge is 2.35. The van der Waals surface area contributed by atoms with Crippen molar-refractivity contribution in [1.82, 2.24) is 29.1 Å². The standard InChI is InChI=1S/C25H26ClF3N6O/c1-4-33-14-22(25(27,28)29)31-24(33)16-7-9-17(10-8-16)36-21-6-5-11-34-20(21)12-19(32-34)23-18(26)13-30-35(23)15(2)3/h7-10,12-15,21H,4-6,11H2,1-3H3. The van der Waals surface area contributed by atoms with Crippen LogP contribution in [0.4, 0.5) is 13.2 Å². The predicted molar refractivity (Wildman–Crippen MR) is 130 cm³/mol. The molecule has 11 heteroatoms. The van der Waals surface area contributed by atoms with Crippen molar-refractivity contribution in [2.24, 2.45) is 0 Å². The Bertz CT molecular complexity index is 1370. The second-order valence-electron chi connectivity index (χ2n) is 9.06. The molecule has 4 heterocycles. The van der Waals surface area contributed by atoms with Gasteiger partial charge >= 0.3 is 6.18 Å². The Balaban J connectivity index is 1.39. The highest BCUT2D eigenvalue weighted by atomic mass is 35.5. The maximum atomic E-state index is 13.1. The summed E-state index contributed by atoms with van der Waals surface area (Å²) in [4.78, 5) is 3.82. The van der Waals surface area contributed by atoms with Crippen molar-refractivity contribution < 1.29 is 17.9 Å². The Kier molecular flexibility index (Phi) is 6.32. The molecule has 0 saturated heterocycles. The zero-order chi connectivity index (χ0) is 25.6. The molecule has 1 aliphatic heterocycles. The molecule has 0 spiro atoms. The monoisotopic (exact) mass is 518 g/mol. The lowest BCUT2D eigenvalue weighted by Crippen LogP contribution is -2.20. The van der Waals surface area contributed by atoms with Crippen LogP contribution < -0.4 is 4.74 Å². The number of aryl methyl sites for hydroxylation is 2. The van der Waals surface area contributed by atoms with Crippen LogP contribution in [0.1, 0.15) is 57.1 Å². The SMILES string of the molecule is CCn1cc(C(F)(F)F)nc1-c1ccc(OC2CCCn3nc(-c4c(Cl)cnn4C(C)C)cc32)cc1. The lowest BCUT2D eigenvalue weighted by molar-refractivity contribution is -0.140. The summed E-state index contributed by atoms with van der Waals surface area (Å²) < 4.78 is 51.0. The minimum absolute atomic E-state index is 0.132. The molecule has 1 unspecified atom stereocenters. The number of alkyl halides is 3. The number of fused-ring (bicyclic) bond motifs is 1. The Morgan fingerprint density at radius 3 is 2.61 bits per heavy atom. The third-order valence-corrected chi connectivity index (χ3v) is 6.53. The van der Waals surface area contributed by atoms with Crippen LogP contribution in [-0.2, 0) is 19.3 Å². The van der Waals surface area contributed by atoms with Crippen molar-refractivity contribution in [1.29, 1.82) is 0 Å². The summed E-state index contributed by atoms with van der Waals surface area (Å²) in [5.41, 5.74) is 2.17. The van der Waals surface area contributed by atoms with Crippen LogP contribution in [0.25, 0.3) is 22.8 Å². The molecule has 1 atom stereocenters. The third kappa shape index (κ3) is 4.50. The summed E-state index contributed by atoms with van der Waals surface area (Å²) in [6.45, 7) is 7.02. The topological polar surface area (TPSA) is 62.7 Å². The highest BCUT2D eigenvalue weighted by molar-refractivity contribution is 6.32. The number of rotatable bonds is 6. The fourth-order valence-electron chi connectivity index (χ4n) is 4.52. The van der Waals surface area contributed by atoms with Crippen LogP contribution in [-0.4, -0.2) is 29.1 Å². The Morgan fingerprint density at radius 2 is 1.94 bits per heavy atom. The Morgan fingerprint density at radius 1 is 1.19 bits per heavy atom. The van der Waals surface area contributed by atoms with Gasteiger partial charge in [-0.15, -0.1) is 0 Å². The molecule has 0 aliphatic carbocycles. The summed E-state index contributed by atoms with van der Waals surface area (Å²) in [5, 5.41) is 9.70. The summed E-state index contributed by atoms with van der Waals surface area (Å²) in [6.07, 6.45) is -0.307. The van der Waals surface area contributed by atoms with E-state index in [0.717, 1.165) is 42.7 Å². The van der Waals surface area contributed by atoms with Gasteiger partial charge in [0.2, 0.25) is 0 Å². The van der Waals surface area contributed by atoms with Crippen LogP contribution in [0.5, 0.6) is 5.75 Å². The molecule has 1 aliphatic rings. The van der Waals surface area contributed by atoms with E-state index in [1.54, 1.807) is 37.4 Å². The van der Waals surface area contributed by atoms with Gasteiger partial charge < -0.3 is 9.30 Å². The number of benzene rings is 1. The average molecular weight is 519 g/mol. The quantitative estimate of drug-likeness (QED) is 0.282. The minimum atomic E-state index is -4.49. The van der Waals surface area contributed by atoms with E-state index in [9.17, 15) is 13.2 Å². The van der Waals surface area contributed by atoms with E-state index < -0.39 is 11.9 Å². The smallest absolute Gasteiger partial charge is 0.434 e. The van der Waals surface area contributed by atoms with Gasteiger partial charge in [0.1, 0.15) is 29.1 Å². The first-order valence-corrected chi connectivity index (χ1v) is 12.3. The van der Waals surface area contributed by atoms with E-state index in [2.05, 4.69) is 10.1 Å². The number of halogens is 4. The predicted octanol–water partition coefficient (Wildman–Crippen LogP) is 6.80. The molecule has 36 heavy (non-hydrogen) atoms. The first-order valence-electron chi connectivity index (χ1n) is 11.9. The first kappa shape index (κ1) is 24.4. The summed E-state index contributed by atoms with van der Waals surface area (Å²) in [7, 11) is 0. The molecule has 0 saturated carbocycles. The molecule has 4 aromatic rings. The fourth-order valence-corrected chi connectivity index (χ4v) is 4.75. The van der Waals surface area contributed by atoms with E-state index in [1.165, 1.54) is 4.57 Å². The number of nitrogens with zero attached hydrogens (tertiary/aromatic N) is 6.